The molecule has 0 bridgehead atoms. The van der Waals surface area contributed by atoms with Gasteiger partial charge in [-0.05, 0) is 12.5 Å². The maximum atomic E-state index is 5.75. The maximum Gasteiger partial charge on any atom is 0.214 e. The highest BCUT2D eigenvalue weighted by molar-refractivity contribution is 6.18. The molecule has 0 amide bonds. The van der Waals surface area contributed by atoms with Crippen LogP contribution in [0.2, 0.25) is 0 Å². The first kappa shape index (κ1) is 12.1. The molecule has 1 aromatic rings. The number of ether oxygens (including phenoxy) is 1. The van der Waals surface area contributed by atoms with Crippen LogP contribution in [0.5, 0.6) is 5.88 Å². The van der Waals surface area contributed by atoms with Gasteiger partial charge in [-0.1, -0.05) is 13.0 Å². The molecule has 0 aliphatic heterocycles. The van der Waals surface area contributed by atoms with Gasteiger partial charge < -0.3 is 9.64 Å². The van der Waals surface area contributed by atoms with Crippen molar-refractivity contribution in [3.8, 4) is 5.88 Å². The van der Waals surface area contributed by atoms with Crippen molar-refractivity contribution >= 4 is 17.4 Å². The molecule has 3 nitrogen and oxygen atoms in total. The Hall–Kier alpha value is -0.960. The minimum Gasteiger partial charge on any atom is -0.481 e. The zero-order valence-corrected chi connectivity index (χ0v) is 10.00. The van der Waals surface area contributed by atoms with E-state index >= 15 is 0 Å². The van der Waals surface area contributed by atoms with Crippen molar-refractivity contribution in [3.05, 3.63) is 18.2 Å². The summed E-state index contributed by atoms with van der Waals surface area (Å²) in [5.41, 5.74) is 0. The number of nitrogens with zero attached hydrogens (tertiary/aromatic N) is 2. The van der Waals surface area contributed by atoms with Crippen molar-refractivity contribution in [2.75, 3.05) is 31.0 Å². The fourth-order valence-corrected chi connectivity index (χ4v) is 1.61. The van der Waals surface area contributed by atoms with Crippen LogP contribution in [0.1, 0.15) is 13.3 Å². The van der Waals surface area contributed by atoms with E-state index in [1.54, 1.807) is 7.11 Å². The van der Waals surface area contributed by atoms with E-state index in [1.807, 2.05) is 18.2 Å². The predicted octanol–water partition coefficient (Wildman–Crippen LogP) is 2.55. The van der Waals surface area contributed by atoms with Gasteiger partial charge in [0.1, 0.15) is 5.82 Å². The number of anilines is 1. The first-order valence-corrected chi connectivity index (χ1v) is 5.67. The summed E-state index contributed by atoms with van der Waals surface area (Å²) in [6.07, 6.45) is 1.08. The lowest BCUT2D eigenvalue weighted by atomic mass is 10.3. The normalized spacial score (nSPS) is 10.1. The van der Waals surface area contributed by atoms with Crippen LogP contribution in [0.25, 0.3) is 0 Å². The lowest BCUT2D eigenvalue weighted by molar-refractivity contribution is 0.398. The number of hydrogen-bond acceptors (Lipinski definition) is 3. The Bertz CT molecular complexity index is 288. The minimum absolute atomic E-state index is 0.610. The molecule has 0 saturated heterocycles. The van der Waals surface area contributed by atoms with Crippen LogP contribution in [-0.2, 0) is 0 Å². The molecular formula is C11H17ClN2O. The van der Waals surface area contributed by atoms with Crippen LogP contribution >= 0.6 is 11.6 Å². The monoisotopic (exact) mass is 228 g/mol. The number of alkyl halides is 1. The molecule has 0 aliphatic carbocycles. The van der Waals surface area contributed by atoms with Crippen LogP contribution < -0.4 is 9.64 Å². The first-order valence-electron chi connectivity index (χ1n) is 5.13. The molecule has 0 aliphatic rings. The van der Waals surface area contributed by atoms with Gasteiger partial charge >= 0.3 is 0 Å². The van der Waals surface area contributed by atoms with Gasteiger partial charge in [-0.2, -0.15) is 4.98 Å². The van der Waals surface area contributed by atoms with E-state index < -0.39 is 0 Å². The van der Waals surface area contributed by atoms with E-state index in [2.05, 4.69) is 16.8 Å². The number of hydrogen-bond donors (Lipinski definition) is 0. The third kappa shape index (κ3) is 3.59. The van der Waals surface area contributed by atoms with Gasteiger partial charge in [-0.15, -0.1) is 11.6 Å². The molecule has 15 heavy (non-hydrogen) atoms. The van der Waals surface area contributed by atoms with Gasteiger partial charge in [0.25, 0.3) is 0 Å². The number of halogens is 1. The van der Waals surface area contributed by atoms with Crippen LogP contribution in [0.4, 0.5) is 5.82 Å². The molecule has 0 aromatic carbocycles. The van der Waals surface area contributed by atoms with Crippen molar-refractivity contribution in [3.63, 3.8) is 0 Å². The molecule has 1 rings (SSSR count). The zero-order chi connectivity index (χ0) is 11.1. The largest absolute Gasteiger partial charge is 0.481 e. The van der Waals surface area contributed by atoms with Gasteiger partial charge in [0.15, 0.2) is 0 Å². The molecule has 1 heterocycles. The molecular weight excluding hydrogens is 212 g/mol. The average molecular weight is 229 g/mol. The van der Waals surface area contributed by atoms with Gasteiger partial charge in [0.05, 0.1) is 7.11 Å². The highest BCUT2D eigenvalue weighted by atomic mass is 35.5. The summed E-state index contributed by atoms with van der Waals surface area (Å²) in [5.74, 6) is 2.18. The lowest BCUT2D eigenvalue weighted by Crippen LogP contribution is -2.27. The Morgan fingerprint density at radius 3 is 2.80 bits per heavy atom. The minimum atomic E-state index is 0.610. The van der Waals surface area contributed by atoms with Crippen molar-refractivity contribution < 1.29 is 4.74 Å². The Morgan fingerprint density at radius 2 is 2.20 bits per heavy atom. The van der Waals surface area contributed by atoms with Crippen LogP contribution in [0.3, 0.4) is 0 Å². The molecule has 0 atom stereocenters. The van der Waals surface area contributed by atoms with E-state index in [-0.39, 0.29) is 0 Å². The second kappa shape index (κ2) is 6.51. The fraction of sp³-hybridized carbons (Fsp3) is 0.545. The van der Waals surface area contributed by atoms with E-state index in [0.29, 0.717) is 11.8 Å². The fourth-order valence-electron chi connectivity index (χ4n) is 1.41. The second-order valence-electron chi connectivity index (χ2n) is 3.21. The highest BCUT2D eigenvalue weighted by Crippen LogP contribution is 2.15. The number of pyridine rings is 1. The van der Waals surface area contributed by atoms with Crippen LogP contribution in [0.15, 0.2) is 18.2 Å². The quantitative estimate of drug-likeness (QED) is 0.700. The summed E-state index contributed by atoms with van der Waals surface area (Å²) in [4.78, 5) is 6.54. The zero-order valence-electron chi connectivity index (χ0n) is 9.24. The van der Waals surface area contributed by atoms with Crippen molar-refractivity contribution in [2.24, 2.45) is 0 Å². The topological polar surface area (TPSA) is 25.4 Å². The molecule has 4 heteroatoms. The smallest absolute Gasteiger partial charge is 0.214 e. The Morgan fingerprint density at radius 1 is 1.40 bits per heavy atom. The number of aromatic nitrogens is 1. The average Bonchev–Trinajstić information content (AvgIpc) is 2.29. The molecule has 0 saturated carbocycles. The summed E-state index contributed by atoms with van der Waals surface area (Å²) < 4.78 is 5.09. The molecule has 0 spiro atoms. The molecule has 0 unspecified atom stereocenters. The van der Waals surface area contributed by atoms with E-state index in [0.717, 1.165) is 25.3 Å². The Balaban J connectivity index is 2.79. The highest BCUT2D eigenvalue weighted by Gasteiger charge is 2.06. The summed E-state index contributed by atoms with van der Waals surface area (Å²) in [6, 6.07) is 5.76. The Kier molecular flexibility index (Phi) is 5.26. The molecule has 0 radical (unpaired) electrons. The summed E-state index contributed by atoms with van der Waals surface area (Å²) in [5, 5.41) is 0. The van der Waals surface area contributed by atoms with Crippen molar-refractivity contribution in [1.29, 1.82) is 0 Å². The summed E-state index contributed by atoms with van der Waals surface area (Å²) in [6.45, 7) is 3.92. The third-order valence-corrected chi connectivity index (χ3v) is 2.26. The molecule has 1 aromatic heterocycles. The lowest BCUT2D eigenvalue weighted by Gasteiger charge is -2.22. The number of methoxy groups -OCH3 is 1. The van der Waals surface area contributed by atoms with Crippen LogP contribution in [0, 0.1) is 0 Å². The third-order valence-electron chi connectivity index (χ3n) is 2.09. The molecule has 84 valence electrons. The predicted molar refractivity (Wildman–Crippen MR) is 64.0 cm³/mol. The maximum absolute atomic E-state index is 5.75. The van der Waals surface area contributed by atoms with E-state index in [4.69, 9.17) is 16.3 Å². The standard InChI is InChI=1S/C11H17ClN2O/c1-3-8-14(9-7-12)10-5-4-6-11(13-10)15-2/h4-6H,3,7-9H2,1-2H3. The van der Waals surface area contributed by atoms with E-state index in [9.17, 15) is 0 Å². The van der Waals surface area contributed by atoms with Gasteiger partial charge in [-0.3, -0.25) is 0 Å². The summed E-state index contributed by atoms with van der Waals surface area (Å²) in [7, 11) is 1.62. The van der Waals surface area contributed by atoms with Gasteiger partial charge in [-0.25, -0.2) is 0 Å². The first-order chi connectivity index (χ1) is 7.31. The molecule has 0 fully saturated rings. The number of rotatable bonds is 6. The van der Waals surface area contributed by atoms with Crippen molar-refractivity contribution in [1.82, 2.24) is 4.98 Å². The SMILES string of the molecule is CCCN(CCCl)c1cccc(OC)n1. The summed E-state index contributed by atoms with van der Waals surface area (Å²) >= 11 is 5.75. The Labute approximate surface area is 96.0 Å². The second-order valence-corrected chi connectivity index (χ2v) is 3.59. The van der Waals surface area contributed by atoms with E-state index in [1.165, 1.54) is 0 Å². The van der Waals surface area contributed by atoms with Gasteiger partial charge in [0.2, 0.25) is 5.88 Å². The van der Waals surface area contributed by atoms with Crippen LogP contribution in [-0.4, -0.2) is 31.1 Å². The molecule has 0 N–H and O–H groups in total. The van der Waals surface area contributed by atoms with Crippen molar-refractivity contribution in [2.45, 2.75) is 13.3 Å². The van der Waals surface area contributed by atoms with Gasteiger partial charge in [0, 0.05) is 25.0 Å².